The Labute approximate surface area is 182 Å². The molecule has 0 spiro atoms. The van der Waals surface area contributed by atoms with Crippen molar-refractivity contribution in [3.63, 3.8) is 0 Å². The van der Waals surface area contributed by atoms with Crippen LogP contribution in [0.15, 0.2) is 53.1 Å². The first-order valence-electron chi connectivity index (χ1n) is 9.36. The number of carbonyl (C=O) groups excluding carboxylic acids is 1. The van der Waals surface area contributed by atoms with Crippen LogP contribution >= 0.6 is 11.6 Å². The van der Waals surface area contributed by atoms with Gasteiger partial charge in [0.1, 0.15) is 11.6 Å². The lowest BCUT2D eigenvalue weighted by Crippen LogP contribution is -2.44. The van der Waals surface area contributed by atoms with Crippen LogP contribution in [0.4, 0.5) is 4.39 Å². The predicted molar refractivity (Wildman–Crippen MR) is 111 cm³/mol. The van der Waals surface area contributed by atoms with Crippen molar-refractivity contribution in [1.82, 2.24) is 10.3 Å². The van der Waals surface area contributed by atoms with Gasteiger partial charge in [0.2, 0.25) is 0 Å². The molecule has 162 valence electrons. The number of amides is 1. The van der Waals surface area contributed by atoms with Crippen LogP contribution < -0.4 is 5.32 Å². The normalized spacial score (nSPS) is 14.0. The third kappa shape index (κ3) is 4.76. The largest absolute Gasteiger partial charge is 0.479 e. The van der Waals surface area contributed by atoms with E-state index in [9.17, 15) is 24.2 Å². The molecule has 3 rings (SSSR count). The first-order valence-corrected chi connectivity index (χ1v) is 9.73. The maximum atomic E-state index is 14.1. The summed E-state index contributed by atoms with van der Waals surface area (Å²) in [5.74, 6) is -2.36. The third-order valence-corrected chi connectivity index (χ3v) is 5.07. The van der Waals surface area contributed by atoms with Crippen LogP contribution in [-0.2, 0) is 10.4 Å². The minimum atomic E-state index is -2.35. The maximum Gasteiger partial charge on any atom is 0.340 e. The number of aliphatic carboxylic acids is 1. The summed E-state index contributed by atoms with van der Waals surface area (Å²) in [4.78, 5) is 27.9. The molecule has 0 aliphatic heterocycles. The minimum Gasteiger partial charge on any atom is -0.479 e. The number of halogens is 2. The molecule has 9 heteroatoms. The monoisotopic (exact) mass is 446 g/mol. The number of rotatable bonds is 7. The number of nitrogens with zero attached hydrogens (tertiary/aromatic N) is 1. The highest BCUT2D eigenvalue weighted by Crippen LogP contribution is 2.35. The van der Waals surface area contributed by atoms with Crippen molar-refractivity contribution in [1.29, 1.82) is 0 Å². The number of hydrogen-bond donors (Lipinski definition) is 3. The number of aryl methyl sites for hydroxylation is 1. The van der Waals surface area contributed by atoms with Crippen LogP contribution in [0, 0.1) is 12.7 Å². The van der Waals surface area contributed by atoms with E-state index >= 15 is 0 Å². The molecular formula is C22H20ClFN2O5. The molecule has 7 nitrogen and oxygen atoms in total. The standard InChI is InChI=1S/C22H20ClFN2O5/c1-12(26-19(27)20-25-11-13(2)31-20)10-22(30,21(28)29)14-7-8-15(17(23)9-14)16-5-3-4-6-18(16)24/h3-9,11-12,30H,10H2,1-2H3,(H,26,27)(H,28,29). The molecule has 0 bridgehead atoms. The molecule has 1 amide bonds. The summed E-state index contributed by atoms with van der Waals surface area (Å²) in [6.45, 7) is 3.17. The van der Waals surface area contributed by atoms with Crippen molar-refractivity contribution in [3.05, 3.63) is 76.7 Å². The van der Waals surface area contributed by atoms with Crippen molar-refractivity contribution < 1.29 is 28.6 Å². The van der Waals surface area contributed by atoms with Gasteiger partial charge in [-0.1, -0.05) is 41.9 Å². The Morgan fingerprint density at radius 3 is 2.55 bits per heavy atom. The van der Waals surface area contributed by atoms with E-state index in [-0.39, 0.29) is 28.5 Å². The van der Waals surface area contributed by atoms with E-state index in [4.69, 9.17) is 16.0 Å². The van der Waals surface area contributed by atoms with Crippen LogP contribution in [0.5, 0.6) is 0 Å². The lowest BCUT2D eigenvalue weighted by Gasteiger charge is -2.28. The maximum absolute atomic E-state index is 14.1. The van der Waals surface area contributed by atoms with Crippen LogP contribution in [0.25, 0.3) is 11.1 Å². The number of aliphatic hydroxyl groups is 1. The lowest BCUT2D eigenvalue weighted by molar-refractivity contribution is -0.161. The van der Waals surface area contributed by atoms with Crippen molar-refractivity contribution in [2.75, 3.05) is 0 Å². The first kappa shape index (κ1) is 22.5. The fourth-order valence-corrected chi connectivity index (χ4v) is 3.52. The minimum absolute atomic E-state index is 0.00171. The van der Waals surface area contributed by atoms with E-state index in [0.717, 1.165) is 0 Å². The second kappa shape index (κ2) is 8.87. The molecule has 0 radical (unpaired) electrons. The van der Waals surface area contributed by atoms with Gasteiger partial charge in [-0.2, -0.15) is 0 Å². The van der Waals surface area contributed by atoms with Gasteiger partial charge in [-0.05, 0) is 31.5 Å². The second-order valence-corrected chi connectivity index (χ2v) is 7.60. The zero-order valence-electron chi connectivity index (χ0n) is 16.7. The van der Waals surface area contributed by atoms with Gasteiger partial charge in [-0.3, -0.25) is 4.79 Å². The molecule has 2 atom stereocenters. The Bertz CT molecular complexity index is 1130. The molecule has 0 saturated carbocycles. The van der Waals surface area contributed by atoms with Gasteiger partial charge in [0.15, 0.2) is 5.60 Å². The van der Waals surface area contributed by atoms with Crippen molar-refractivity contribution in [3.8, 4) is 11.1 Å². The quantitative estimate of drug-likeness (QED) is 0.507. The first-order chi connectivity index (χ1) is 14.6. The highest BCUT2D eigenvalue weighted by molar-refractivity contribution is 6.33. The zero-order valence-corrected chi connectivity index (χ0v) is 17.5. The summed E-state index contributed by atoms with van der Waals surface area (Å²) >= 11 is 6.29. The Morgan fingerprint density at radius 2 is 1.97 bits per heavy atom. The molecular weight excluding hydrogens is 427 g/mol. The number of benzene rings is 2. The molecule has 0 saturated heterocycles. The average Bonchev–Trinajstić information content (AvgIpc) is 3.15. The summed E-state index contributed by atoms with van der Waals surface area (Å²) in [6, 6.07) is 9.36. The fraction of sp³-hybridized carbons (Fsp3) is 0.227. The van der Waals surface area contributed by atoms with E-state index in [1.54, 1.807) is 25.1 Å². The molecule has 1 aromatic heterocycles. The highest BCUT2D eigenvalue weighted by atomic mass is 35.5. The van der Waals surface area contributed by atoms with E-state index < -0.39 is 29.3 Å². The Hall–Kier alpha value is -3.23. The van der Waals surface area contributed by atoms with Gasteiger partial charge in [0, 0.05) is 28.6 Å². The molecule has 0 fully saturated rings. The van der Waals surface area contributed by atoms with Gasteiger partial charge < -0.3 is 19.9 Å². The number of carboxylic acids is 1. The fourth-order valence-electron chi connectivity index (χ4n) is 3.24. The molecule has 31 heavy (non-hydrogen) atoms. The molecule has 2 unspecified atom stereocenters. The molecule has 0 aliphatic rings. The molecule has 1 heterocycles. The van der Waals surface area contributed by atoms with Crippen LogP contribution in [0.2, 0.25) is 5.02 Å². The van der Waals surface area contributed by atoms with Crippen molar-refractivity contribution >= 4 is 23.5 Å². The predicted octanol–water partition coefficient (Wildman–Crippen LogP) is 3.92. The summed E-state index contributed by atoms with van der Waals surface area (Å²) in [7, 11) is 0. The van der Waals surface area contributed by atoms with E-state index in [2.05, 4.69) is 10.3 Å². The molecule has 0 aliphatic carbocycles. The number of aromatic nitrogens is 1. The van der Waals surface area contributed by atoms with Gasteiger partial charge in [0.05, 0.1) is 6.20 Å². The van der Waals surface area contributed by atoms with E-state index in [0.29, 0.717) is 11.3 Å². The lowest BCUT2D eigenvalue weighted by atomic mass is 9.86. The highest BCUT2D eigenvalue weighted by Gasteiger charge is 2.40. The number of nitrogens with one attached hydrogen (secondary N) is 1. The summed E-state index contributed by atoms with van der Waals surface area (Å²) in [5, 5.41) is 23.3. The topological polar surface area (TPSA) is 113 Å². The summed E-state index contributed by atoms with van der Waals surface area (Å²) in [6.07, 6.45) is 1.02. The molecule has 2 aromatic carbocycles. The van der Waals surface area contributed by atoms with Crippen LogP contribution in [0.3, 0.4) is 0 Å². The van der Waals surface area contributed by atoms with Gasteiger partial charge in [0.25, 0.3) is 5.89 Å². The number of oxazole rings is 1. The van der Waals surface area contributed by atoms with Crippen LogP contribution in [0.1, 0.15) is 35.4 Å². The van der Waals surface area contributed by atoms with Crippen molar-refractivity contribution in [2.24, 2.45) is 0 Å². The molecule has 3 aromatic rings. The Morgan fingerprint density at radius 1 is 1.26 bits per heavy atom. The van der Waals surface area contributed by atoms with Gasteiger partial charge in [-0.25, -0.2) is 14.2 Å². The van der Waals surface area contributed by atoms with Crippen LogP contribution in [-0.4, -0.2) is 33.1 Å². The summed E-state index contributed by atoms with van der Waals surface area (Å²) < 4.78 is 19.2. The average molecular weight is 447 g/mol. The second-order valence-electron chi connectivity index (χ2n) is 7.19. The number of hydrogen-bond acceptors (Lipinski definition) is 5. The Balaban J connectivity index is 1.85. The number of carboxylic acid groups (broad SMARTS) is 1. The van der Waals surface area contributed by atoms with Crippen molar-refractivity contribution in [2.45, 2.75) is 31.9 Å². The smallest absolute Gasteiger partial charge is 0.340 e. The molecule has 3 N–H and O–H groups in total. The third-order valence-electron chi connectivity index (χ3n) is 4.76. The zero-order chi connectivity index (χ0) is 22.8. The summed E-state index contributed by atoms with van der Waals surface area (Å²) in [5.41, 5.74) is -1.74. The van der Waals surface area contributed by atoms with E-state index in [1.165, 1.54) is 37.4 Å². The SMILES string of the molecule is Cc1cnc(C(=O)NC(C)CC(O)(C(=O)O)c2ccc(-c3ccccc3F)c(Cl)c2)o1. The Kier molecular flexibility index (Phi) is 6.42. The van der Waals surface area contributed by atoms with Gasteiger partial charge in [-0.15, -0.1) is 0 Å². The number of carbonyl (C=O) groups is 2. The van der Waals surface area contributed by atoms with E-state index in [1.807, 2.05) is 0 Å². The van der Waals surface area contributed by atoms with Gasteiger partial charge >= 0.3 is 11.9 Å².